The number of benzene rings is 10. The Morgan fingerprint density at radius 2 is 0.662 bits per heavy atom. The molecular formula is C66H54N2. The first kappa shape index (κ1) is 41.5. The van der Waals surface area contributed by atoms with Crippen molar-refractivity contribution in [3.8, 4) is 22.3 Å². The molecule has 0 spiro atoms. The van der Waals surface area contributed by atoms with E-state index in [1.165, 1.54) is 122 Å². The number of fused-ring (bicyclic) bond motifs is 8. The van der Waals surface area contributed by atoms with Gasteiger partial charge < -0.3 is 9.80 Å². The van der Waals surface area contributed by atoms with Crippen molar-refractivity contribution in [3.63, 3.8) is 0 Å². The molecule has 2 heteroatoms. The number of anilines is 6. The molecule has 0 amide bonds. The highest BCUT2D eigenvalue weighted by atomic mass is 15.2. The average Bonchev–Trinajstić information content (AvgIpc) is 3.72. The van der Waals surface area contributed by atoms with E-state index in [-0.39, 0.29) is 10.8 Å². The molecule has 0 aliphatic heterocycles. The van der Waals surface area contributed by atoms with Crippen LogP contribution in [0.25, 0.3) is 56.0 Å². The molecule has 2 nitrogen and oxygen atoms in total. The van der Waals surface area contributed by atoms with Gasteiger partial charge in [-0.1, -0.05) is 198 Å². The summed E-state index contributed by atoms with van der Waals surface area (Å²) in [6.45, 7) is 14.0. The lowest BCUT2D eigenvalue weighted by molar-refractivity contribution is 0.660. The molecule has 0 heterocycles. The average molecular weight is 875 g/mol. The van der Waals surface area contributed by atoms with Crippen molar-refractivity contribution in [3.05, 3.63) is 251 Å². The van der Waals surface area contributed by atoms with Crippen LogP contribution in [0, 0.1) is 13.8 Å². The molecule has 10 aromatic carbocycles. The Labute approximate surface area is 401 Å². The first-order chi connectivity index (χ1) is 33.1. The van der Waals surface area contributed by atoms with Crippen molar-refractivity contribution < 1.29 is 0 Å². The van der Waals surface area contributed by atoms with Gasteiger partial charge >= 0.3 is 0 Å². The Bertz CT molecular complexity index is 3430. The van der Waals surface area contributed by atoms with Gasteiger partial charge in [0.05, 0.1) is 11.4 Å². The van der Waals surface area contributed by atoms with Crippen LogP contribution in [0.3, 0.4) is 0 Å². The van der Waals surface area contributed by atoms with Gasteiger partial charge in [0.15, 0.2) is 0 Å². The van der Waals surface area contributed by atoms with Crippen molar-refractivity contribution in [2.45, 2.75) is 52.4 Å². The Morgan fingerprint density at radius 1 is 0.324 bits per heavy atom. The smallest absolute Gasteiger partial charge is 0.0540 e. The summed E-state index contributed by atoms with van der Waals surface area (Å²) < 4.78 is 0. The van der Waals surface area contributed by atoms with Crippen molar-refractivity contribution in [1.29, 1.82) is 0 Å². The summed E-state index contributed by atoms with van der Waals surface area (Å²) >= 11 is 0. The second kappa shape index (κ2) is 15.9. The van der Waals surface area contributed by atoms with Crippen molar-refractivity contribution >= 4 is 67.8 Å². The summed E-state index contributed by atoms with van der Waals surface area (Å²) in [6.07, 6.45) is 4.59. The van der Waals surface area contributed by atoms with Gasteiger partial charge in [-0.25, -0.2) is 0 Å². The monoisotopic (exact) mass is 874 g/mol. The quantitative estimate of drug-likeness (QED) is 0.140. The SMILES string of the molecule is Cc1ccccc1N(c1ccc2c(c1)C(C)(C)c1cc(C=Cc3ccc4c(c3)C(C)(C)c3cc(N(c5ccccc5C)c5cccc6ccccc56)ccc3-4)ccc1-2)c1cccc2ccccc12. The van der Waals surface area contributed by atoms with Crippen LogP contribution < -0.4 is 9.80 Å². The zero-order valence-corrected chi connectivity index (χ0v) is 39.7. The van der Waals surface area contributed by atoms with E-state index in [2.05, 4.69) is 270 Å². The summed E-state index contributed by atoms with van der Waals surface area (Å²) in [5.41, 5.74) is 22.3. The standard InChI is InChI=1S/C66H54N2/c1-43-17-7-13-25-61(43)67(63-27-15-21-47-19-9-11-23-51(47)63)49-33-37-55-53-35-31-45(39-57(53)65(3,4)59(55)41-49)29-30-46-32-36-54-56-38-34-50(42-60(56)66(5,6)58(54)40-46)68(62-26-14-8-18-44(62)2)64-28-16-22-48-20-10-12-24-52(48)64/h7-42H,1-6H3. The normalized spacial score (nSPS) is 13.9. The fraction of sp³-hybridized carbons (Fsp3) is 0.121. The molecular weight excluding hydrogens is 821 g/mol. The molecule has 0 aromatic heterocycles. The maximum atomic E-state index is 2.45. The van der Waals surface area contributed by atoms with Gasteiger partial charge in [0.1, 0.15) is 0 Å². The molecule has 0 atom stereocenters. The highest BCUT2D eigenvalue weighted by Crippen LogP contribution is 2.53. The van der Waals surface area contributed by atoms with Gasteiger partial charge in [0.2, 0.25) is 0 Å². The number of rotatable bonds is 8. The zero-order valence-electron chi connectivity index (χ0n) is 39.7. The van der Waals surface area contributed by atoms with Gasteiger partial charge in [-0.05, 0) is 140 Å². The molecule has 0 saturated carbocycles. The minimum absolute atomic E-state index is 0.189. The molecule has 0 N–H and O–H groups in total. The third-order valence-corrected chi connectivity index (χ3v) is 15.1. The van der Waals surface area contributed by atoms with Gasteiger partial charge in [-0.15, -0.1) is 0 Å². The topological polar surface area (TPSA) is 6.48 Å². The third-order valence-electron chi connectivity index (χ3n) is 15.1. The van der Waals surface area contributed by atoms with Gasteiger partial charge in [0.25, 0.3) is 0 Å². The van der Waals surface area contributed by atoms with Gasteiger partial charge in [-0.3, -0.25) is 0 Å². The third kappa shape index (κ3) is 6.61. The fourth-order valence-electron chi connectivity index (χ4n) is 11.4. The first-order valence-corrected chi connectivity index (χ1v) is 24.0. The Balaban J connectivity index is 0.861. The first-order valence-electron chi connectivity index (χ1n) is 24.0. The maximum Gasteiger partial charge on any atom is 0.0540 e. The van der Waals surface area contributed by atoms with E-state index in [0.717, 1.165) is 0 Å². The lowest BCUT2D eigenvalue weighted by atomic mass is 9.81. The molecule has 2 aliphatic rings. The summed E-state index contributed by atoms with van der Waals surface area (Å²) in [5, 5.41) is 4.95. The van der Waals surface area contributed by atoms with Gasteiger partial charge in [-0.2, -0.15) is 0 Å². The number of hydrogen-bond acceptors (Lipinski definition) is 2. The predicted molar refractivity (Wildman–Crippen MR) is 291 cm³/mol. The second-order valence-corrected chi connectivity index (χ2v) is 19.9. The molecule has 0 bridgehead atoms. The summed E-state index contributed by atoms with van der Waals surface area (Å²) in [4.78, 5) is 4.90. The summed E-state index contributed by atoms with van der Waals surface area (Å²) in [7, 11) is 0. The van der Waals surface area contributed by atoms with E-state index in [0.29, 0.717) is 0 Å². The van der Waals surface area contributed by atoms with Crippen LogP contribution in [0.1, 0.15) is 72.2 Å². The maximum absolute atomic E-state index is 2.45. The minimum atomic E-state index is -0.189. The van der Waals surface area contributed by atoms with E-state index in [9.17, 15) is 0 Å². The predicted octanol–water partition coefficient (Wildman–Crippen LogP) is 18.3. The fourth-order valence-corrected chi connectivity index (χ4v) is 11.4. The molecule has 0 unspecified atom stereocenters. The van der Waals surface area contributed by atoms with Crippen LogP contribution in [0.5, 0.6) is 0 Å². The molecule has 0 fully saturated rings. The van der Waals surface area contributed by atoms with E-state index < -0.39 is 0 Å². The Morgan fingerprint density at radius 3 is 1.09 bits per heavy atom. The minimum Gasteiger partial charge on any atom is -0.310 e. The summed E-state index contributed by atoms with van der Waals surface area (Å²) in [6, 6.07) is 76.4. The lowest BCUT2D eigenvalue weighted by Crippen LogP contribution is -2.17. The van der Waals surface area contributed by atoms with Crippen LogP contribution in [0.2, 0.25) is 0 Å². The number of aryl methyl sites for hydroxylation is 2. The lowest BCUT2D eigenvalue weighted by Gasteiger charge is -2.30. The molecule has 2 aliphatic carbocycles. The van der Waals surface area contributed by atoms with E-state index >= 15 is 0 Å². The van der Waals surface area contributed by atoms with E-state index in [4.69, 9.17) is 0 Å². The molecule has 10 aromatic rings. The molecule has 68 heavy (non-hydrogen) atoms. The highest BCUT2D eigenvalue weighted by Gasteiger charge is 2.38. The molecule has 0 saturated heterocycles. The van der Waals surface area contributed by atoms with Crippen molar-refractivity contribution in [1.82, 2.24) is 0 Å². The zero-order chi connectivity index (χ0) is 46.3. The Hall–Kier alpha value is -7.94. The largest absolute Gasteiger partial charge is 0.310 e. The Kier molecular flexibility index (Phi) is 9.67. The van der Waals surface area contributed by atoms with Crippen molar-refractivity contribution in [2.75, 3.05) is 9.80 Å². The van der Waals surface area contributed by atoms with Crippen LogP contribution in [-0.2, 0) is 10.8 Å². The number of hydrogen-bond donors (Lipinski definition) is 0. The number of nitrogens with zero attached hydrogens (tertiary/aromatic N) is 2. The van der Waals surface area contributed by atoms with Gasteiger partial charge in [0, 0.05) is 44.4 Å². The van der Waals surface area contributed by atoms with Crippen LogP contribution in [-0.4, -0.2) is 0 Å². The van der Waals surface area contributed by atoms with Crippen LogP contribution >= 0.6 is 0 Å². The van der Waals surface area contributed by atoms with Crippen molar-refractivity contribution in [2.24, 2.45) is 0 Å². The molecule has 328 valence electrons. The van der Waals surface area contributed by atoms with E-state index in [1.807, 2.05) is 0 Å². The number of para-hydroxylation sites is 2. The molecule has 0 radical (unpaired) electrons. The highest BCUT2D eigenvalue weighted by molar-refractivity contribution is 6.01. The second-order valence-electron chi connectivity index (χ2n) is 19.9. The summed E-state index contributed by atoms with van der Waals surface area (Å²) in [5.74, 6) is 0. The van der Waals surface area contributed by atoms with Crippen LogP contribution in [0.15, 0.2) is 206 Å². The van der Waals surface area contributed by atoms with E-state index in [1.54, 1.807) is 0 Å². The molecule has 12 rings (SSSR count). The van der Waals surface area contributed by atoms with Crippen LogP contribution in [0.4, 0.5) is 34.1 Å².